The summed E-state index contributed by atoms with van der Waals surface area (Å²) in [5, 5.41) is 6.09. The van der Waals surface area contributed by atoms with E-state index in [2.05, 4.69) is 15.0 Å². The summed E-state index contributed by atoms with van der Waals surface area (Å²) in [6.07, 6.45) is 2.48. The van der Waals surface area contributed by atoms with E-state index in [1.165, 1.54) is 12.8 Å². The number of anilines is 1. The van der Waals surface area contributed by atoms with Crippen LogP contribution in [0, 0.1) is 6.92 Å². The minimum atomic E-state index is 0.752. The van der Waals surface area contributed by atoms with Gasteiger partial charge in [0.2, 0.25) is 0 Å². The van der Waals surface area contributed by atoms with Crippen LogP contribution in [0.5, 0.6) is 0 Å². The molecular weight excluding hydrogens is 236 g/mol. The van der Waals surface area contributed by atoms with Gasteiger partial charge in [0.15, 0.2) is 5.65 Å². The fourth-order valence-corrected chi connectivity index (χ4v) is 2.81. The van der Waals surface area contributed by atoms with Gasteiger partial charge < -0.3 is 4.90 Å². The number of fused-ring (bicyclic) bond motifs is 1. The van der Waals surface area contributed by atoms with E-state index in [9.17, 15) is 0 Å². The lowest BCUT2D eigenvalue weighted by molar-refractivity contribution is 0.772. The second-order valence-electron chi connectivity index (χ2n) is 4.56. The summed E-state index contributed by atoms with van der Waals surface area (Å²) in [4.78, 5) is 6.97. The molecule has 0 bridgehead atoms. The third-order valence-corrected chi connectivity index (χ3v) is 3.64. The molecule has 90 valence electrons. The maximum atomic E-state index is 6.34. The number of hydrogen-bond acceptors (Lipinski definition) is 3. The van der Waals surface area contributed by atoms with Crippen LogP contribution >= 0.6 is 11.6 Å². The summed E-state index contributed by atoms with van der Waals surface area (Å²) in [6.45, 7) is 4.11. The Hall–Kier alpha value is -1.29. The van der Waals surface area contributed by atoms with E-state index in [1.807, 2.05) is 20.0 Å². The quantitative estimate of drug-likeness (QED) is 0.780. The first-order chi connectivity index (χ1) is 8.16. The van der Waals surface area contributed by atoms with Crippen molar-refractivity contribution in [2.45, 2.75) is 19.8 Å². The highest BCUT2D eigenvalue weighted by molar-refractivity contribution is 6.35. The molecule has 0 radical (unpaired) electrons. The van der Waals surface area contributed by atoms with Crippen molar-refractivity contribution in [2.24, 2.45) is 7.05 Å². The Bertz CT molecular complexity index is 569. The molecule has 0 saturated carbocycles. The van der Waals surface area contributed by atoms with Crippen LogP contribution in [0.15, 0.2) is 6.07 Å². The molecule has 17 heavy (non-hydrogen) atoms. The van der Waals surface area contributed by atoms with Crippen molar-refractivity contribution in [3.63, 3.8) is 0 Å². The van der Waals surface area contributed by atoms with Crippen molar-refractivity contribution in [3.05, 3.63) is 16.8 Å². The van der Waals surface area contributed by atoms with Gasteiger partial charge in [0.25, 0.3) is 0 Å². The lowest BCUT2D eigenvalue weighted by Gasteiger charge is -2.16. The van der Waals surface area contributed by atoms with Crippen LogP contribution in [0.4, 0.5) is 5.82 Å². The Morgan fingerprint density at radius 2 is 2.00 bits per heavy atom. The van der Waals surface area contributed by atoms with E-state index in [1.54, 1.807) is 4.68 Å². The zero-order valence-corrected chi connectivity index (χ0v) is 10.8. The number of aryl methyl sites for hydroxylation is 2. The zero-order chi connectivity index (χ0) is 12.0. The Morgan fingerprint density at radius 1 is 1.29 bits per heavy atom. The van der Waals surface area contributed by atoms with Gasteiger partial charge >= 0.3 is 0 Å². The van der Waals surface area contributed by atoms with Gasteiger partial charge in [-0.25, -0.2) is 4.98 Å². The number of halogens is 1. The van der Waals surface area contributed by atoms with Crippen molar-refractivity contribution < 1.29 is 0 Å². The predicted molar refractivity (Wildman–Crippen MR) is 69.7 cm³/mol. The minimum Gasteiger partial charge on any atom is -0.357 e. The normalized spacial score (nSPS) is 16.1. The summed E-state index contributed by atoms with van der Waals surface area (Å²) in [5.74, 6) is 0.975. The van der Waals surface area contributed by atoms with Gasteiger partial charge in [-0.15, -0.1) is 0 Å². The van der Waals surface area contributed by atoms with Crippen molar-refractivity contribution in [2.75, 3.05) is 18.0 Å². The van der Waals surface area contributed by atoms with Crippen LogP contribution < -0.4 is 4.90 Å². The van der Waals surface area contributed by atoms with Crippen LogP contribution in [0.1, 0.15) is 18.5 Å². The molecular formula is C12H15ClN4. The van der Waals surface area contributed by atoms with Gasteiger partial charge in [0, 0.05) is 26.2 Å². The van der Waals surface area contributed by atoms with Crippen molar-refractivity contribution in [3.8, 4) is 0 Å². The average Bonchev–Trinajstić information content (AvgIpc) is 2.88. The average molecular weight is 251 g/mol. The van der Waals surface area contributed by atoms with Crippen LogP contribution in [-0.4, -0.2) is 27.9 Å². The molecule has 0 amide bonds. The molecule has 0 aliphatic carbocycles. The second kappa shape index (κ2) is 3.88. The standard InChI is InChI=1S/C12H15ClN4/c1-8-11-9(13)7-10(17-5-3-4-6-17)14-12(11)16(2)15-8/h7H,3-6H2,1-2H3. The third kappa shape index (κ3) is 1.67. The third-order valence-electron chi connectivity index (χ3n) is 3.34. The van der Waals surface area contributed by atoms with Gasteiger partial charge in [-0.2, -0.15) is 5.10 Å². The molecule has 0 unspecified atom stereocenters. The highest BCUT2D eigenvalue weighted by Gasteiger charge is 2.18. The molecule has 3 heterocycles. The smallest absolute Gasteiger partial charge is 0.161 e. The van der Waals surface area contributed by atoms with Gasteiger partial charge in [-0.05, 0) is 19.8 Å². The Balaban J connectivity index is 2.19. The largest absolute Gasteiger partial charge is 0.357 e. The maximum Gasteiger partial charge on any atom is 0.161 e. The number of nitrogens with zero attached hydrogens (tertiary/aromatic N) is 4. The van der Waals surface area contributed by atoms with Crippen LogP contribution in [0.2, 0.25) is 5.02 Å². The molecule has 0 aromatic carbocycles. The Labute approximate surface area is 105 Å². The van der Waals surface area contributed by atoms with E-state index < -0.39 is 0 Å². The molecule has 0 atom stereocenters. The number of aromatic nitrogens is 3. The molecule has 3 rings (SSSR count). The van der Waals surface area contributed by atoms with E-state index in [-0.39, 0.29) is 0 Å². The molecule has 0 spiro atoms. The highest BCUT2D eigenvalue weighted by Crippen LogP contribution is 2.30. The maximum absolute atomic E-state index is 6.34. The van der Waals surface area contributed by atoms with Gasteiger partial charge in [0.05, 0.1) is 16.1 Å². The lowest BCUT2D eigenvalue weighted by atomic mass is 10.2. The van der Waals surface area contributed by atoms with Gasteiger partial charge in [-0.3, -0.25) is 4.68 Å². The topological polar surface area (TPSA) is 34.0 Å². The second-order valence-corrected chi connectivity index (χ2v) is 4.97. The van der Waals surface area contributed by atoms with Crippen molar-refractivity contribution in [1.82, 2.24) is 14.8 Å². The number of pyridine rings is 1. The molecule has 4 nitrogen and oxygen atoms in total. The molecule has 1 aliphatic rings. The van der Waals surface area contributed by atoms with E-state index in [0.717, 1.165) is 40.7 Å². The molecule has 2 aromatic heterocycles. The minimum absolute atomic E-state index is 0.752. The summed E-state index contributed by atoms with van der Waals surface area (Å²) in [5.41, 5.74) is 1.81. The van der Waals surface area contributed by atoms with Crippen LogP contribution in [0.25, 0.3) is 11.0 Å². The monoisotopic (exact) mass is 250 g/mol. The molecule has 2 aromatic rings. The highest BCUT2D eigenvalue weighted by atomic mass is 35.5. The molecule has 1 fully saturated rings. The van der Waals surface area contributed by atoms with E-state index in [4.69, 9.17) is 11.6 Å². The lowest BCUT2D eigenvalue weighted by Crippen LogP contribution is -2.19. The number of rotatable bonds is 1. The van der Waals surface area contributed by atoms with Crippen LogP contribution in [0.3, 0.4) is 0 Å². The first-order valence-electron chi connectivity index (χ1n) is 5.91. The molecule has 0 N–H and O–H groups in total. The molecule has 1 saturated heterocycles. The van der Waals surface area contributed by atoms with Crippen LogP contribution in [-0.2, 0) is 7.05 Å². The van der Waals surface area contributed by atoms with Crippen molar-refractivity contribution >= 4 is 28.5 Å². The summed E-state index contributed by atoms with van der Waals surface area (Å²) < 4.78 is 1.80. The fourth-order valence-electron chi connectivity index (χ4n) is 2.49. The summed E-state index contributed by atoms with van der Waals surface area (Å²) >= 11 is 6.34. The predicted octanol–water partition coefficient (Wildman–Crippen LogP) is 2.53. The van der Waals surface area contributed by atoms with E-state index >= 15 is 0 Å². The SMILES string of the molecule is Cc1nn(C)c2nc(N3CCCC3)cc(Cl)c12. The zero-order valence-electron chi connectivity index (χ0n) is 10.1. The number of hydrogen-bond donors (Lipinski definition) is 0. The molecule has 1 aliphatic heterocycles. The van der Waals surface area contributed by atoms with Crippen molar-refractivity contribution in [1.29, 1.82) is 0 Å². The summed E-state index contributed by atoms with van der Waals surface area (Å²) in [7, 11) is 1.91. The Morgan fingerprint density at radius 3 is 2.71 bits per heavy atom. The first kappa shape index (κ1) is 10.8. The van der Waals surface area contributed by atoms with E-state index in [0.29, 0.717) is 0 Å². The Kier molecular flexibility index (Phi) is 2.47. The first-order valence-corrected chi connectivity index (χ1v) is 6.29. The van der Waals surface area contributed by atoms with Gasteiger partial charge in [0.1, 0.15) is 5.82 Å². The van der Waals surface area contributed by atoms with Gasteiger partial charge in [-0.1, -0.05) is 11.6 Å². The molecule has 5 heteroatoms. The fraction of sp³-hybridized carbons (Fsp3) is 0.500. The summed E-state index contributed by atoms with van der Waals surface area (Å²) in [6, 6.07) is 1.96.